The Morgan fingerprint density at radius 2 is 2.15 bits per heavy atom. The van der Waals surface area contributed by atoms with Crippen LogP contribution in [0.2, 0.25) is 0 Å². The van der Waals surface area contributed by atoms with Gasteiger partial charge in [-0.25, -0.2) is 0 Å². The summed E-state index contributed by atoms with van der Waals surface area (Å²) in [6.45, 7) is 0. The first-order chi connectivity index (χ1) is 9.70. The van der Waals surface area contributed by atoms with E-state index in [2.05, 4.69) is 21.0 Å². The van der Waals surface area contributed by atoms with E-state index in [0.717, 1.165) is 17.4 Å². The summed E-state index contributed by atoms with van der Waals surface area (Å²) < 4.78 is 2.26. The second-order valence-corrected chi connectivity index (χ2v) is 7.46. The Morgan fingerprint density at radius 1 is 1.35 bits per heavy atom. The zero-order valence-electron chi connectivity index (χ0n) is 11.5. The molecule has 0 aromatic carbocycles. The lowest BCUT2D eigenvalue weighted by molar-refractivity contribution is -0.133. The Morgan fingerprint density at radius 3 is 2.80 bits per heavy atom. The molecular formula is C13H19N3O2S2. The van der Waals surface area contributed by atoms with Gasteiger partial charge in [-0.2, -0.15) is 11.8 Å². The van der Waals surface area contributed by atoms with E-state index >= 15 is 0 Å². The number of carboxylic acid groups (broad SMARTS) is 1. The molecule has 1 aromatic rings. The van der Waals surface area contributed by atoms with Gasteiger partial charge in [0.2, 0.25) is 0 Å². The Kier molecular flexibility index (Phi) is 4.26. The predicted octanol–water partition coefficient (Wildman–Crippen LogP) is 2.79. The molecule has 0 radical (unpaired) electrons. The molecule has 0 saturated heterocycles. The van der Waals surface area contributed by atoms with Gasteiger partial charge in [-0.15, -0.1) is 10.2 Å². The van der Waals surface area contributed by atoms with Gasteiger partial charge in [0.1, 0.15) is 5.82 Å². The van der Waals surface area contributed by atoms with Gasteiger partial charge < -0.3 is 9.67 Å². The highest BCUT2D eigenvalue weighted by molar-refractivity contribution is 7.99. The van der Waals surface area contributed by atoms with Crippen molar-refractivity contribution >= 4 is 29.5 Å². The molecule has 0 spiro atoms. The fourth-order valence-corrected chi connectivity index (χ4v) is 4.61. The standard InChI is InChI=1S/C13H19N3O2S2/c1-19-10-4-2-3-9(10)16-12(8-5-6-8)14-15-13(16)20-7-11(17)18/h8-10H,2-7H2,1H3,(H,17,18). The Labute approximate surface area is 126 Å². The number of carboxylic acids is 1. The van der Waals surface area contributed by atoms with Gasteiger partial charge in [0.25, 0.3) is 0 Å². The number of rotatable bonds is 6. The van der Waals surface area contributed by atoms with Crippen LogP contribution in [0.25, 0.3) is 0 Å². The third-order valence-corrected chi connectivity index (χ3v) is 6.09. The quantitative estimate of drug-likeness (QED) is 0.815. The second-order valence-electron chi connectivity index (χ2n) is 5.44. The number of aromatic nitrogens is 3. The van der Waals surface area contributed by atoms with E-state index in [0.29, 0.717) is 17.2 Å². The normalized spacial score (nSPS) is 26.1. The average Bonchev–Trinajstić information content (AvgIpc) is 3.03. The molecule has 20 heavy (non-hydrogen) atoms. The van der Waals surface area contributed by atoms with Crippen LogP contribution in [0.5, 0.6) is 0 Å². The largest absolute Gasteiger partial charge is 0.481 e. The molecule has 2 atom stereocenters. The molecule has 0 bridgehead atoms. The lowest BCUT2D eigenvalue weighted by Crippen LogP contribution is -2.19. The molecule has 2 aliphatic carbocycles. The maximum absolute atomic E-state index is 10.8. The van der Waals surface area contributed by atoms with Crippen LogP contribution in [0.1, 0.15) is 49.9 Å². The lowest BCUT2D eigenvalue weighted by Gasteiger charge is -2.22. The number of hydrogen-bond acceptors (Lipinski definition) is 5. The number of carbonyl (C=O) groups is 1. The first-order valence-electron chi connectivity index (χ1n) is 7.03. The molecule has 110 valence electrons. The minimum atomic E-state index is -0.801. The van der Waals surface area contributed by atoms with Gasteiger partial charge in [0.15, 0.2) is 5.16 Å². The summed E-state index contributed by atoms with van der Waals surface area (Å²) in [6.07, 6.45) is 8.17. The van der Waals surface area contributed by atoms with E-state index in [-0.39, 0.29) is 5.75 Å². The SMILES string of the molecule is CSC1CCCC1n1c(SCC(=O)O)nnc1C1CC1. The van der Waals surface area contributed by atoms with E-state index in [1.165, 1.54) is 37.4 Å². The van der Waals surface area contributed by atoms with Crippen molar-refractivity contribution in [2.45, 2.75) is 54.5 Å². The van der Waals surface area contributed by atoms with Crippen LogP contribution >= 0.6 is 23.5 Å². The van der Waals surface area contributed by atoms with Crippen molar-refractivity contribution in [1.29, 1.82) is 0 Å². The average molecular weight is 313 g/mol. The first kappa shape index (κ1) is 14.3. The van der Waals surface area contributed by atoms with Crippen molar-refractivity contribution in [2.24, 2.45) is 0 Å². The molecule has 3 rings (SSSR count). The summed E-state index contributed by atoms with van der Waals surface area (Å²) >= 11 is 3.21. The summed E-state index contributed by atoms with van der Waals surface area (Å²) in [6, 6.07) is 0.437. The zero-order chi connectivity index (χ0) is 14.1. The number of nitrogens with zero attached hydrogens (tertiary/aromatic N) is 3. The summed E-state index contributed by atoms with van der Waals surface area (Å²) in [5, 5.41) is 18.9. The molecule has 2 unspecified atom stereocenters. The fraction of sp³-hybridized carbons (Fsp3) is 0.769. The highest BCUT2D eigenvalue weighted by Gasteiger charge is 2.37. The van der Waals surface area contributed by atoms with E-state index in [1.54, 1.807) is 0 Å². The van der Waals surface area contributed by atoms with Crippen molar-refractivity contribution in [3.05, 3.63) is 5.82 Å². The zero-order valence-corrected chi connectivity index (χ0v) is 13.1. The molecule has 2 saturated carbocycles. The van der Waals surface area contributed by atoms with Crippen LogP contribution < -0.4 is 0 Å². The third-order valence-electron chi connectivity index (χ3n) is 4.01. The van der Waals surface area contributed by atoms with Crippen LogP contribution in [-0.2, 0) is 4.79 Å². The van der Waals surface area contributed by atoms with E-state index < -0.39 is 5.97 Å². The molecule has 1 heterocycles. The van der Waals surface area contributed by atoms with Crippen molar-refractivity contribution in [3.63, 3.8) is 0 Å². The second kappa shape index (κ2) is 5.97. The van der Waals surface area contributed by atoms with Crippen molar-refractivity contribution in [2.75, 3.05) is 12.0 Å². The first-order valence-corrected chi connectivity index (χ1v) is 9.30. The Balaban J connectivity index is 1.88. The maximum atomic E-state index is 10.8. The Hall–Kier alpha value is -0.690. The molecular weight excluding hydrogens is 294 g/mol. The summed E-state index contributed by atoms with van der Waals surface area (Å²) in [7, 11) is 0. The Bertz CT molecular complexity index is 502. The number of thioether (sulfide) groups is 2. The highest BCUT2D eigenvalue weighted by Crippen LogP contribution is 2.45. The minimum Gasteiger partial charge on any atom is -0.481 e. The molecule has 1 N–H and O–H groups in total. The van der Waals surface area contributed by atoms with E-state index in [9.17, 15) is 4.79 Å². The van der Waals surface area contributed by atoms with Crippen molar-refractivity contribution < 1.29 is 9.90 Å². The molecule has 0 amide bonds. The van der Waals surface area contributed by atoms with Gasteiger partial charge in [-0.3, -0.25) is 4.79 Å². The maximum Gasteiger partial charge on any atom is 0.313 e. The predicted molar refractivity (Wildman–Crippen MR) is 80.5 cm³/mol. The lowest BCUT2D eigenvalue weighted by atomic mass is 10.2. The van der Waals surface area contributed by atoms with Crippen LogP contribution in [0, 0.1) is 0 Å². The van der Waals surface area contributed by atoms with Crippen LogP contribution in [0.3, 0.4) is 0 Å². The molecule has 7 heteroatoms. The summed E-state index contributed by atoms with van der Waals surface area (Å²) in [5.41, 5.74) is 0. The van der Waals surface area contributed by atoms with Crippen molar-refractivity contribution in [1.82, 2.24) is 14.8 Å². The number of hydrogen-bond donors (Lipinski definition) is 1. The van der Waals surface area contributed by atoms with Crippen molar-refractivity contribution in [3.8, 4) is 0 Å². The van der Waals surface area contributed by atoms with Crippen LogP contribution in [0.15, 0.2) is 5.16 Å². The monoisotopic (exact) mass is 313 g/mol. The molecule has 2 fully saturated rings. The van der Waals surface area contributed by atoms with Crippen LogP contribution in [0.4, 0.5) is 0 Å². The van der Waals surface area contributed by atoms with Gasteiger partial charge in [-0.05, 0) is 31.9 Å². The topological polar surface area (TPSA) is 68.0 Å². The van der Waals surface area contributed by atoms with Gasteiger partial charge in [0, 0.05) is 17.2 Å². The summed E-state index contributed by atoms with van der Waals surface area (Å²) in [4.78, 5) is 10.8. The van der Waals surface area contributed by atoms with Crippen LogP contribution in [-0.4, -0.2) is 43.1 Å². The van der Waals surface area contributed by atoms with E-state index in [4.69, 9.17) is 5.11 Å². The molecule has 5 nitrogen and oxygen atoms in total. The van der Waals surface area contributed by atoms with Gasteiger partial charge >= 0.3 is 5.97 Å². The van der Waals surface area contributed by atoms with E-state index in [1.807, 2.05) is 11.8 Å². The fourth-order valence-electron chi connectivity index (χ4n) is 2.92. The molecule has 2 aliphatic rings. The smallest absolute Gasteiger partial charge is 0.313 e. The molecule has 0 aliphatic heterocycles. The number of aliphatic carboxylic acids is 1. The van der Waals surface area contributed by atoms with Gasteiger partial charge in [-0.1, -0.05) is 18.2 Å². The third kappa shape index (κ3) is 2.83. The van der Waals surface area contributed by atoms with Gasteiger partial charge in [0.05, 0.1) is 5.75 Å². The summed E-state index contributed by atoms with van der Waals surface area (Å²) in [5.74, 6) is 0.887. The highest BCUT2D eigenvalue weighted by atomic mass is 32.2. The minimum absolute atomic E-state index is 0.0550. The molecule has 1 aromatic heterocycles.